The Morgan fingerprint density at radius 3 is 2.53 bits per heavy atom. The van der Waals surface area contributed by atoms with Crippen LogP contribution in [0.15, 0.2) is 0 Å². The maximum atomic E-state index is 3.73. The number of hydrogen-bond donors (Lipinski definition) is 1. The van der Waals surface area contributed by atoms with Gasteiger partial charge in [-0.05, 0) is 51.1 Å². The maximum absolute atomic E-state index is 3.73. The predicted molar refractivity (Wildman–Crippen MR) is 65.0 cm³/mol. The van der Waals surface area contributed by atoms with E-state index in [1.807, 2.05) is 0 Å². The number of hydrogen-bond acceptors (Lipinski definition) is 2. The zero-order chi connectivity index (χ0) is 10.8. The molecule has 2 atom stereocenters. The molecule has 0 spiro atoms. The summed E-state index contributed by atoms with van der Waals surface area (Å²) in [5.41, 5.74) is 0. The molecule has 0 aromatic carbocycles. The van der Waals surface area contributed by atoms with Gasteiger partial charge in [0.05, 0.1) is 0 Å². The Labute approximate surface area is 94.4 Å². The Morgan fingerprint density at radius 2 is 1.93 bits per heavy atom. The second kappa shape index (κ2) is 4.84. The lowest BCUT2D eigenvalue weighted by molar-refractivity contribution is 0.161. The fourth-order valence-corrected chi connectivity index (χ4v) is 2.58. The fourth-order valence-electron chi connectivity index (χ4n) is 2.58. The highest BCUT2D eigenvalue weighted by Crippen LogP contribution is 2.34. The van der Waals surface area contributed by atoms with Crippen LogP contribution >= 0.6 is 0 Å². The van der Waals surface area contributed by atoms with Gasteiger partial charge in [-0.1, -0.05) is 13.8 Å². The summed E-state index contributed by atoms with van der Waals surface area (Å²) in [6.45, 7) is 10.9. The zero-order valence-corrected chi connectivity index (χ0v) is 10.5. The molecule has 1 heterocycles. The van der Waals surface area contributed by atoms with E-state index in [4.69, 9.17) is 0 Å². The molecule has 2 heteroatoms. The molecule has 2 fully saturated rings. The largest absolute Gasteiger partial charge is 0.312 e. The second-order valence-corrected chi connectivity index (χ2v) is 5.73. The van der Waals surface area contributed by atoms with Gasteiger partial charge in [0.2, 0.25) is 0 Å². The van der Waals surface area contributed by atoms with Crippen LogP contribution in [-0.4, -0.2) is 36.6 Å². The van der Waals surface area contributed by atoms with Gasteiger partial charge in [-0.3, -0.25) is 4.90 Å². The van der Waals surface area contributed by atoms with Crippen LogP contribution in [0.3, 0.4) is 0 Å². The summed E-state index contributed by atoms with van der Waals surface area (Å²) in [4.78, 5) is 2.70. The SMILES string of the molecule is CC(C)C(C)N1CCCNC(C2CC2)C1. The van der Waals surface area contributed by atoms with E-state index in [2.05, 4.69) is 31.0 Å². The molecule has 0 aromatic heterocycles. The molecule has 2 rings (SSSR count). The standard InChI is InChI=1S/C13H26N2/c1-10(2)11(3)15-8-4-7-14-13(9-15)12-5-6-12/h10-14H,4-9H2,1-3H3. The van der Waals surface area contributed by atoms with Gasteiger partial charge in [0.25, 0.3) is 0 Å². The molecule has 0 bridgehead atoms. The minimum absolute atomic E-state index is 0.742. The van der Waals surface area contributed by atoms with Crippen molar-refractivity contribution in [1.29, 1.82) is 0 Å². The molecule has 1 saturated carbocycles. The first-order chi connectivity index (χ1) is 7.18. The van der Waals surface area contributed by atoms with E-state index in [0.29, 0.717) is 0 Å². The van der Waals surface area contributed by atoms with Crippen LogP contribution in [0.5, 0.6) is 0 Å². The molecule has 88 valence electrons. The maximum Gasteiger partial charge on any atom is 0.0223 e. The van der Waals surface area contributed by atoms with Crippen molar-refractivity contribution in [3.63, 3.8) is 0 Å². The van der Waals surface area contributed by atoms with E-state index in [1.165, 1.54) is 38.9 Å². The molecule has 0 aromatic rings. The van der Waals surface area contributed by atoms with Gasteiger partial charge in [0, 0.05) is 18.6 Å². The second-order valence-electron chi connectivity index (χ2n) is 5.73. The molecule has 1 N–H and O–H groups in total. The van der Waals surface area contributed by atoms with Gasteiger partial charge < -0.3 is 5.32 Å². The van der Waals surface area contributed by atoms with E-state index in [1.54, 1.807) is 0 Å². The van der Waals surface area contributed by atoms with Crippen molar-refractivity contribution in [3.8, 4) is 0 Å². The smallest absolute Gasteiger partial charge is 0.0223 e. The topological polar surface area (TPSA) is 15.3 Å². The third-order valence-corrected chi connectivity index (χ3v) is 4.19. The first-order valence-electron chi connectivity index (χ1n) is 6.66. The van der Waals surface area contributed by atoms with Gasteiger partial charge in [-0.2, -0.15) is 0 Å². The van der Waals surface area contributed by atoms with Crippen LogP contribution in [0.25, 0.3) is 0 Å². The van der Waals surface area contributed by atoms with Crippen LogP contribution in [0.4, 0.5) is 0 Å². The number of nitrogens with zero attached hydrogens (tertiary/aromatic N) is 1. The molecular weight excluding hydrogens is 184 g/mol. The van der Waals surface area contributed by atoms with Crippen LogP contribution in [0.2, 0.25) is 0 Å². The monoisotopic (exact) mass is 210 g/mol. The quantitative estimate of drug-likeness (QED) is 0.767. The predicted octanol–water partition coefficient (Wildman–Crippen LogP) is 2.10. The molecule has 0 amide bonds. The van der Waals surface area contributed by atoms with Crippen molar-refractivity contribution >= 4 is 0 Å². The van der Waals surface area contributed by atoms with E-state index in [9.17, 15) is 0 Å². The number of nitrogens with one attached hydrogen (secondary N) is 1. The Morgan fingerprint density at radius 1 is 1.20 bits per heavy atom. The van der Waals surface area contributed by atoms with E-state index < -0.39 is 0 Å². The lowest BCUT2D eigenvalue weighted by atomic mass is 10.0. The Bertz CT molecular complexity index is 199. The van der Waals surface area contributed by atoms with Gasteiger partial charge >= 0.3 is 0 Å². The van der Waals surface area contributed by atoms with Crippen LogP contribution in [-0.2, 0) is 0 Å². The third-order valence-electron chi connectivity index (χ3n) is 4.19. The summed E-state index contributed by atoms with van der Waals surface area (Å²) in [7, 11) is 0. The summed E-state index contributed by atoms with van der Waals surface area (Å²) in [6, 6.07) is 1.53. The van der Waals surface area contributed by atoms with E-state index in [0.717, 1.165) is 23.9 Å². The summed E-state index contributed by atoms with van der Waals surface area (Å²) in [5, 5.41) is 3.73. The first kappa shape index (κ1) is 11.4. The summed E-state index contributed by atoms with van der Waals surface area (Å²) in [5.74, 6) is 1.77. The van der Waals surface area contributed by atoms with Crippen LogP contribution in [0.1, 0.15) is 40.0 Å². The van der Waals surface area contributed by atoms with Crippen molar-refractivity contribution in [3.05, 3.63) is 0 Å². The highest BCUT2D eigenvalue weighted by Gasteiger charge is 2.34. The molecule has 2 unspecified atom stereocenters. The average Bonchev–Trinajstić information content (AvgIpc) is 3.02. The van der Waals surface area contributed by atoms with Crippen molar-refractivity contribution in [2.45, 2.75) is 52.1 Å². The van der Waals surface area contributed by atoms with Crippen LogP contribution in [0, 0.1) is 11.8 Å². The Balaban J connectivity index is 1.91. The molecule has 2 nitrogen and oxygen atoms in total. The molecule has 1 aliphatic heterocycles. The minimum Gasteiger partial charge on any atom is -0.312 e. The van der Waals surface area contributed by atoms with Gasteiger partial charge in [-0.25, -0.2) is 0 Å². The van der Waals surface area contributed by atoms with Crippen LogP contribution < -0.4 is 5.32 Å². The van der Waals surface area contributed by atoms with Crippen molar-refractivity contribution < 1.29 is 0 Å². The van der Waals surface area contributed by atoms with Crippen molar-refractivity contribution in [1.82, 2.24) is 10.2 Å². The highest BCUT2D eigenvalue weighted by molar-refractivity contribution is 4.91. The van der Waals surface area contributed by atoms with Gasteiger partial charge in [0.15, 0.2) is 0 Å². The molecule has 1 aliphatic carbocycles. The highest BCUT2D eigenvalue weighted by atomic mass is 15.2. The average molecular weight is 210 g/mol. The van der Waals surface area contributed by atoms with E-state index >= 15 is 0 Å². The Kier molecular flexibility index (Phi) is 3.68. The normalized spacial score (nSPS) is 31.6. The third kappa shape index (κ3) is 2.94. The zero-order valence-electron chi connectivity index (χ0n) is 10.5. The molecule has 1 saturated heterocycles. The summed E-state index contributed by atoms with van der Waals surface area (Å²) >= 11 is 0. The van der Waals surface area contributed by atoms with Crippen molar-refractivity contribution in [2.24, 2.45) is 11.8 Å². The lowest BCUT2D eigenvalue weighted by Gasteiger charge is -2.32. The molecule has 15 heavy (non-hydrogen) atoms. The molecule has 2 aliphatic rings. The number of rotatable bonds is 3. The minimum atomic E-state index is 0.742. The summed E-state index contributed by atoms with van der Waals surface area (Å²) < 4.78 is 0. The van der Waals surface area contributed by atoms with Crippen molar-refractivity contribution in [2.75, 3.05) is 19.6 Å². The molecular formula is C13H26N2. The van der Waals surface area contributed by atoms with Gasteiger partial charge in [0.1, 0.15) is 0 Å². The lowest BCUT2D eigenvalue weighted by Crippen LogP contribution is -2.44. The van der Waals surface area contributed by atoms with Gasteiger partial charge in [-0.15, -0.1) is 0 Å². The molecule has 0 radical (unpaired) electrons. The first-order valence-corrected chi connectivity index (χ1v) is 6.66. The summed E-state index contributed by atoms with van der Waals surface area (Å²) in [6.07, 6.45) is 4.24. The Hall–Kier alpha value is -0.0800. The fraction of sp³-hybridized carbons (Fsp3) is 1.00. The van der Waals surface area contributed by atoms with E-state index in [-0.39, 0.29) is 0 Å².